The van der Waals surface area contributed by atoms with Crippen molar-refractivity contribution in [2.45, 2.75) is 50.6 Å². The van der Waals surface area contributed by atoms with Crippen molar-refractivity contribution in [3.8, 4) is 0 Å². The minimum absolute atomic E-state index is 0.0472. The molecule has 0 unspecified atom stereocenters. The van der Waals surface area contributed by atoms with E-state index in [1.165, 1.54) is 17.7 Å². The number of hydrogen-bond donors (Lipinski definition) is 2. The van der Waals surface area contributed by atoms with Crippen molar-refractivity contribution in [2.75, 3.05) is 0 Å². The maximum atomic E-state index is 12.4. The monoisotopic (exact) mass is 374 g/mol. The largest absolute Gasteiger partial charge is 0.352 e. The highest BCUT2D eigenvalue weighted by atomic mass is 32.2. The van der Waals surface area contributed by atoms with Gasteiger partial charge in [-0.05, 0) is 51.3 Å². The molecule has 2 aromatic rings. The first-order valence-corrected chi connectivity index (χ1v) is 10.2. The lowest BCUT2D eigenvalue weighted by atomic mass is 10.1. The molecule has 0 radical (unpaired) electrons. The number of carbonyl (C=O) groups excluding carboxylic acids is 1. The molecule has 2 aromatic carbocycles. The molecule has 2 N–H and O–H groups in total. The Morgan fingerprint density at radius 2 is 1.62 bits per heavy atom. The summed E-state index contributed by atoms with van der Waals surface area (Å²) >= 11 is 0. The predicted molar refractivity (Wildman–Crippen MR) is 103 cm³/mol. The Hall–Kier alpha value is -2.18. The molecule has 0 saturated carbocycles. The number of aryl methyl sites for hydroxylation is 2. The van der Waals surface area contributed by atoms with Gasteiger partial charge in [-0.15, -0.1) is 0 Å². The Bertz CT molecular complexity index is 818. The van der Waals surface area contributed by atoms with Gasteiger partial charge in [0.1, 0.15) is 0 Å². The van der Waals surface area contributed by atoms with Gasteiger partial charge >= 0.3 is 0 Å². The Labute approximate surface area is 155 Å². The van der Waals surface area contributed by atoms with Crippen LogP contribution in [0.3, 0.4) is 0 Å². The minimum Gasteiger partial charge on any atom is -0.352 e. The highest BCUT2D eigenvalue weighted by Gasteiger charge is 2.22. The van der Waals surface area contributed by atoms with E-state index >= 15 is 0 Å². The van der Waals surface area contributed by atoms with Gasteiger partial charge in [0.2, 0.25) is 15.9 Å². The maximum absolute atomic E-state index is 12.4. The summed E-state index contributed by atoms with van der Waals surface area (Å²) in [6, 6.07) is 15.7. The lowest BCUT2D eigenvalue weighted by molar-refractivity contribution is -0.123. The zero-order valence-electron chi connectivity index (χ0n) is 15.4. The van der Waals surface area contributed by atoms with Gasteiger partial charge in [-0.1, -0.05) is 48.0 Å². The summed E-state index contributed by atoms with van der Waals surface area (Å²) in [4.78, 5) is 12.4. The molecule has 2 rings (SSSR count). The van der Waals surface area contributed by atoms with Crippen LogP contribution in [0.15, 0.2) is 59.5 Å². The number of benzene rings is 2. The van der Waals surface area contributed by atoms with E-state index in [4.69, 9.17) is 0 Å². The molecule has 0 bridgehead atoms. The Morgan fingerprint density at radius 1 is 1.00 bits per heavy atom. The number of sulfonamides is 1. The Morgan fingerprint density at radius 3 is 2.23 bits per heavy atom. The molecule has 0 spiro atoms. The van der Waals surface area contributed by atoms with Crippen molar-refractivity contribution < 1.29 is 13.2 Å². The minimum atomic E-state index is -3.72. The van der Waals surface area contributed by atoms with E-state index in [9.17, 15) is 13.2 Å². The van der Waals surface area contributed by atoms with Crippen molar-refractivity contribution in [1.29, 1.82) is 0 Å². The zero-order valence-corrected chi connectivity index (χ0v) is 16.2. The molecule has 0 aliphatic heterocycles. The van der Waals surface area contributed by atoms with Crippen LogP contribution in [0.4, 0.5) is 0 Å². The second kappa shape index (κ2) is 8.96. The fourth-order valence-corrected chi connectivity index (χ4v) is 3.74. The van der Waals surface area contributed by atoms with E-state index < -0.39 is 16.1 Å². The normalized spacial score (nSPS) is 13.8. The Balaban J connectivity index is 1.87. The van der Waals surface area contributed by atoms with Crippen LogP contribution in [-0.4, -0.2) is 26.4 Å². The van der Waals surface area contributed by atoms with Crippen LogP contribution < -0.4 is 10.0 Å². The van der Waals surface area contributed by atoms with Crippen molar-refractivity contribution in [3.63, 3.8) is 0 Å². The fourth-order valence-electron chi connectivity index (χ4n) is 2.54. The van der Waals surface area contributed by atoms with E-state index in [2.05, 4.69) is 10.0 Å². The molecule has 0 aliphatic rings. The summed E-state index contributed by atoms with van der Waals surface area (Å²) < 4.78 is 27.2. The van der Waals surface area contributed by atoms with Crippen LogP contribution in [-0.2, 0) is 21.2 Å². The summed E-state index contributed by atoms with van der Waals surface area (Å²) in [5, 5.41) is 2.87. The molecule has 0 aromatic heterocycles. The van der Waals surface area contributed by atoms with Crippen LogP contribution in [0.25, 0.3) is 0 Å². The molecule has 140 valence electrons. The molecule has 1 amide bonds. The summed E-state index contributed by atoms with van der Waals surface area (Å²) in [5.74, 6) is -0.332. The molecular formula is C20H26N2O3S. The lowest BCUT2D eigenvalue weighted by Gasteiger charge is -2.18. The van der Waals surface area contributed by atoms with Crippen LogP contribution in [0.2, 0.25) is 0 Å². The molecule has 6 heteroatoms. The molecule has 2 atom stereocenters. The van der Waals surface area contributed by atoms with Crippen LogP contribution in [0, 0.1) is 6.92 Å². The van der Waals surface area contributed by atoms with Gasteiger partial charge in [0, 0.05) is 6.04 Å². The van der Waals surface area contributed by atoms with Crippen molar-refractivity contribution in [2.24, 2.45) is 0 Å². The van der Waals surface area contributed by atoms with E-state index in [0.29, 0.717) is 0 Å². The van der Waals surface area contributed by atoms with E-state index in [-0.39, 0.29) is 16.8 Å². The molecule has 0 heterocycles. The van der Waals surface area contributed by atoms with Gasteiger partial charge in [0.25, 0.3) is 0 Å². The van der Waals surface area contributed by atoms with Gasteiger partial charge < -0.3 is 5.32 Å². The first-order valence-electron chi connectivity index (χ1n) is 8.71. The number of carbonyl (C=O) groups is 1. The van der Waals surface area contributed by atoms with Crippen LogP contribution >= 0.6 is 0 Å². The third-order valence-electron chi connectivity index (χ3n) is 4.15. The quantitative estimate of drug-likeness (QED) is 0.746. The molecule has 0 aliphatic carbocycles. The number of amides is 1. The smallest absolute Gasteiger partial charge is 0.241 e. The van der Waals surface area contributed by atoms with E-state index in [1.54, 1.807) is 19.1 Å². The molecule has 5 nitrogen and oxygen atoms in total. The fraction of sp³-hybridized carbons (Fsp3) is 0.350. The molecule has 26 heavy (non-hydrogen) atoms. The van der Waals surface area contributed by atoms with Gasteiger partial charge in [-0.25, -0.2) is 8.42 Å². The summed E-state index contributed by atoms with van der Waals surface area (Å²) in [5.41, 5.74) is 2.18. The first kappa shape index (κ1) is 20.1. The third-order valence-corrected chi connectivity index (χ3v) is 5.71. The number of nitrogens with one attached hydrogen (secondary N) is 2. The summed E-state index contributed by atoms with van der Waals surface area (Å²) in [6.45, 7) is 5.35. The predicted octanol–water partition coefficient (Wildman–Crippen LogP) is 2.80. The van der Waals surface area contributed by atoms with Gasteiger partial charge in [0.05, 0.1) is 10.9 Å². The van der Waals surface area contributed by atoms with Crippen molar-refractivity contribution in [3.05, 3.63) is 65.7 Å². The van der Waals surface area contributed by atoms with Gasteiger partial charge in [-0.3, -0.25) is 4.79 Å². The lowest BCUT2D eigenvalue weighted by Crippen LogP contribution is -2.47. The summed E-state index contributed by atoms with van der Waals surface area (Å²) in [6.07, 6.45) is 1.64. The second-order valence-electron chi connectivity index (χ2n) is 6.59. The summed E-state index contributed by atoms with van der Waals surface area (Å²) in [7, 11) is -3.72. The second-order valence-corrected chi connectivity index (χ2v) is 8.30. The molecule has 0 fully saturated rings. The highest BCUT2D eigenvalue weighted by molar-refractivity contribution is 7.89. The zero-order chi connectivity index (χ0) is 19.2. The van der Waals surface area contributed by atoms with E-state index in [0.717, 1.165) is 18.4 Å². The van der Waals surface area contributed by atoms with Crippen molar-refractivity contribution >= 4 is 15.9 Å². The topological polar surface area (TPSA) is 75.3 Å². The van der Waals surface area contributed by atoms with Crippen LogP contribution in [0.1, 0.15) is 31.4 Å². The van der Waals surface area contributed by atoms with E-state index in [1.807, 2.05) is 44.2 Å². The Kier molecular flexibility index (Phi) is 6.94. The molecule has 0 saturated heterocycles. The SMILES string of the molecule is Cc1ccc(S(=O)(=O)N[C@H](C)C(=O)N[C@H](C)CCc2ccccc2)cc1. The maximum Gasteiger partial charge on any atom is 0.241 e. The van der Waals surface area contributed by atoms with Gasteiger partial charge in [0.15, 0.2) is 0 Å². The first-order chi connectivity index (χ1) is 12.3. The molecular weight excluding hydrogens is 348 g/mol. The van der Waals surface area contributed by atoms with Crippen molar-refractivity contribution in [1.82, 2.24) is 10.0 Å². The highest BCUT2D eigenvalue weighted by Crippen LogP contribution is 2.11. The van der Waals surface area contributed by atoms with Gasteiger partial charge in [-0.2, -0.15) is 4.72 Å². The van der Waals surface area contributed by atoms with Crippen LogP contribution in [0.5, 0.6) is 0 Å². The number of rotatable bonds is 8. The number of hydrogen-bond acceptors (Lipinski definition) is 3. The standard InChI is InChI=1S/C20H26N2O3S/c1-15-9-13-19(14-10-15)26(24,25)22-17(3)20(23)21-16(2)11-12-18-7-5-4-6-8-18/h4-10,13-14,16-17,22H,11-12H2,1-3H3,(H,21,23)/t16-,17-/m1/s1. The third kappa shape index (κ3) is 5.97. The average molecular weight is 375 g/mol. The average Bonchev–Trinajstić information content (AvgIpc) is 2.61.